The largest absolute Gasteiger partial charge is 0.295 e. The van der Waals surface area contributed by atoms with Crippen LogP contribution in [0, 0.1) is 0 Å². The van der Waals surface area contributed by atoms with Gasteiger partial charge in [0, 0.05) is 11.6 Å². The van der Waals surface area contributed by atoms with E-state index in [1.807, 2.05) is 37.3 Å². The number of hydrogen-bond acceptors (Lipinski definition) is 3. The molecule has 0 fully saturated rings. The minimum absolute atomic E-state index is 0.0851. The number of rotatable bonds is 7. The third-order valence-corrected chi connectivity index (χ3v) is 5.24. The van der Waals surface area contributed by atoms with Crippen LogP contribution in [-0.4, -0.2) is 20.2 Å². The molecule has 0 aliphatic rings. The molecule has 1 N–H and O–H groups in total. The smallest absolute Gasteiger partial charge is 0.240 e. The number of Topliss-reactive ketones (excluding diaryl/α,β-unsaturated/α-hetero) is 1. The van der Waals surface area contributed by atoms with Crippen molar-refractivity contribution in [3.05, 3.63) is 65.7 Å². The van der Waals surface area contributed by atoms with E-state index in [4.69, 9.17) is 0 Å². The number of aryl methyl sites for hydroxylation is 1. The zero-order valence-corrected chi connectivity index (χ0v) is 14.1. The normalized spacial score (nSPS) is 12.8. The summed E-state index contributed by atoms with van der Waals surface area (Å²) in [7, 11) is -3.57. The van der Waals surface area contributed by atoms with Crippen molar-refractivity contribution in [3.63, 3.8) is 0 Å². The first kappa shape index (κ1) is 17.4. The molecule has 1 atom stereocenters. The number of benzene rings is 2. The summed E-state index contributed by atoms with van der Waals surface area (Å²) in [5.74, 6) is -0.0851. The van der Waals surface area contributed by atoms with Gasteiger partial charge in [-0.3, -0.25) is 4.79 Å². The van der Waals surface area contributed by atoms with Crippen molar-refractivity contribution >= 4 is 15.8 Å². The van der Waals surface area contributed by atoms with Crippen LogP contribution in [-0.2, 0) is 16.4 Å². The zero-order valence-electron chi connectivity index (χ0n) is 13.3. The summed E-state index contributed by atoms with van der Waals surface area (Å²) in [5, 5.41) is 0. The van der Waals surface area contributed by atoms with Gasteiger partial charge in [-0.1, -0.05) is 42.5 Å². The van der Waals surface area contributed by atoms with E-state index in [0.29, 0.717) is 5.56 Å². The number of ketones is 1. The second-order valence-corrected chi connectivity index (χ2v) is 7.34. The molecular formula is C18H21NO3S. The molecule has 0 saturated heterocycles. The minimum Gasteiger partial charge on any atom is -0.295 e. The summed E-state index contributed by atoms with van der Waals surface area (Å²) in [6.07, 6.45) is 1.53. The number of nitrogens with one attached hydrogen (secondary N) is 1. The molecule has 0 amide bonds. The van der Waals surface area contributed by atoms with E-state index >= 15 is 0 Å². The molecule has 5 heteroatoms. The van der Waals surface area contributed by atoms with Gasteiger partial charge in [0.25, 0.3) is 0 Å². The van der Waals surface area contributed by atoms with Crippen molar-refractivity contribution < 1.29 is 13.2 Å². The van der Waals surface area contributed by atoms with Gasteiger partial charge in [0.1, 0.15) is 0 Å². The predicted molar refractivity (Wildman–Crippen MR) is 91.0 cm³/mol. The summed E-state index contributed by atoms with van der Waals surface area (Å²) in [4.78, 5) is 11.4. The monoisotopic (exact) mass is 331 g/mol. The number of sulfonamides is 1. The fourth-order valence-electron chi connectivity index (χ4n) is 2.29. The molecule has 2 rings (SSSR count). The Bertz CT molecular complexity index is 753. The average Bonchev–Trinajstić information content (AvgIpc) is 2.53. The Morgan fingerprint density at radius 2 is 1.65 bits per heavy atom. The number of carbonyl (C=O) groups is 1. The summed E-state index contributed by atoms with van der Waals surface area (Å²) in [6.45, 7) is 3.30. The zero-order chi connectivity index (χ0) is 16.9. The summed E-state index contributed by atoms with van der Waals surface area (Å²) in [6, 6.07) is 15.8. The van der Waals surface area contributed by atoms with E-state index in [-0.39, 0.29) is 16.7 Å². The maximum atomic E-state index is 12.3. The van der Waals surface area contributed by atoms with Crippen LogP contribution in [0.4, 0.5) is 0 Å². The van der Waals surface area contributed by atoms with E-state index in [1.54, 1.807) is 0 Å². The second-order valence-electron chi connectivity index (χ2n) is 5.63. The molecule has 2 aromatic carbocycles. The van der Waals surface area contributed by atoms with Crippen molar-refractivity contribution in [1.29, 1.82) is 0 Å². The Labute approximate surface area is 137 Å². The topological polar surface area (TPSA) is 63.2 Å². The van der Waals surface area contributed by atoms with Crippen LogP contribution < -0.4 is 4.72 Å². The molecule has 0 bridgehead atoms. The molecule has 0 spiro atoms. The van der Waals surface area contributed by atoms with E-state index in [0.717, 1.165) is 12.8 Å². The molecule has 0 saturated carbocycles. The van der Waals surface area contributed by atoms with E-state index in [9.17, 15) is 13.2 Å². The van der Waals surface area contributed by atoms with Crippen molar-refractivity contribution in [3.8, 4) is 0 Å². The molecule has 122 valence electrons. The van der Waals surface area contributed by atoms with Gasteiger partial charge >= 0.3 is 0 Å². The highest BCUT2D eigenvalue weighted by molar-refractivity contribution is 7.89. The third-order valence-electron chi connectivity index (χ3n) is 3.64. The van der Waals surface area contributed by atoms with Gasteiger partial charge in [0.05, 0.1) is 4.90 Å². The third kappa shape index (κ3) is 5.01. The molecular weight excluding hydrogens is 310 g/mol. The van der Waals surface area contributed by atoms with E-state index in [2.05, 4.69) is 4.72 Å². The Kier molecular flexibility index (Phi) is 5.69. The average molecular weight is 331 g/mol. The predicted octanol–water partition coefficient (Wildman–Crippen LogP) is 3.19. The molecule has 0 radical (unpaired) electrons. The molecule has 0 aromatic heterocycles. The summed E-state index contributed by atoms with van der Waals surface area (Å²) >= 11 is 0. The Balaban J connectivity index is 1.98. The van der Waals surface area contributed by atoms with Gasteiger partial charge in [-0.05, 0) is 44.4 Å². The molecule has 23 heavy (non-hydrogen) atoms. The van der Waals surface area contributed by atoms with Crippen LogP contribution in [0.1, 0.15) is 36.2 Å². The SMILES string of the molecule is CC(=O)c1ccc(S(=O)(=O)NC(C)CCc2ccccc2)cc1. The standard InChI is InChI=1S/C18H21NO3S/c1-14(8-9-16-6-4-3-5-7-16)19-23(21,22)18-12-10-17(11-13-18)15(2)20/h3-7,10-14,19H,8-9H2,1-2H3. The highest BCUT2D eigenvalue weighted by Crippen LogP contribution is 2.13. The first-order valence-corrected chi connectivity index (χ1v) is 9.04. The van der Waals surface area contributed by atoms with Gasteiger partial charge in [-0.2, -0.15) is 0 Å². The number of carbonyl (C=O) groups excluding carboxylic acids is 1. The Hall–Kier alpha value is -1.98. The molecule has 0 heterocycles. The first-order chi connectivity index (χ1) is 10.9. The van der Waals surface area contributed by atoms with E-state index < -0.39 is 10.0 Å². The van der Waals surface area contributed by atoms with Gasteiger partial charge < -0.3 is 0 Å². The number of hydrogen-bond donors (Lipinski definition) is 1. The van der Waals surface area contributed by atoms with Crippen molar-refractivity contribution in [2.24, 2.45) is 0 Å². The molecule has 1 unspecified atom stereocenters. The fraction of sp³-hybridized carbons (Fsp3) is 0.278. The molecule has 0 aliphatic carbocycles. The first-order valence-electron chi connectivity index (χ1n) is 7.56. The molecule has 0 aliphatic heterocycles. The molecule has 4 nitrogen and oxygen atoms in total. The molecule has 2 aromatic rings. The van der Waals surface area contributed by atoms with Crippen LogP contribution in [0.3, 0.4) is 0 Å². The van der Waals surface area contributed by atoms with Gasteiger partial charge in [-0.15, -0.1) is 0 Å². The minimum atomic E-state index is -3.57. The van der Waals surface area contributed by atoms with Crippen LogP contribution in [0.25, 0.3) is 0 Å². The Morgan fingerprint density at radius 3 is 2.22 bits per heavy atom. The van der Waals surface area contributed by atoms with Crippen LogP contribution in [0.5, 0.6) is 0 Å². The van der Waals surface area contributed by atoms with Crippen LogP contribution >= 0.6 is 0 Å². The maximum Gasteiger partial charge on any atom is 0.240 e. The lowest BCUT2D eigenvalue weighted by molar-refractivity contribution is 0.101. The highest BCUT2D eigenvalue weighted by atomic mass is 32.2. The van der Waals surface area contributed by atoms with Gasteiger partial charge in [0.2, 0.25) is 10.0 Å². The fourth-order valence-corrected chi connectivity index (χ4v) is 3.57. The lowest BCUT2D eigenvalue weighted by Gasteiger charge is -2.14. The van der Waals surface area contributed by atoms with Crippen molar-refractivity contribution in [2.45, 2.75) is 37.6 Å². The Morgan fingerprint density at radius 1 is 1.04 bits per heavy atom. The highest BCUT2D eigenvalue weighted by Gasteiger charge is 2.17. The quantitative estimate of drug-likeness (QED) is 0.793. The lowest BCUT2D eigenvalue weighted by Crippen LogP contribution is -2.32. The van der Waals surface area contributed by atoms with E-state index in [1.165, 1.54) is 36.8 Å². The lowest BCUT2D eigenvalue weighted by atomic mass is 10.1. The second kappa shape index (κ2) is 7.53. The van der Waals surface area contributed by atoms with Crippen LogP contribution in [0.2, 0.25) is 0 Å². The summed E-state index contributed by atoms with van der Waals surface area (Å²) < 4.78 is 27.4. The van der Waals surface area contributed by atoms with Crippen molar-refractivity contribution in [2.75, 3.05) is 0 Å². The van der Waals surface area contributed by atoms with Gasteiger partial charge in [0.15, 0.2) is 5.78 Å². The van der Waals surface area contributed by atoms with Gasteiger partial charge in [-0.25, -0.2) is 13.1 Å². The maximum absolute atomic E-state index is 12.3. The van der Waals surface area contributed by atoms with Crippen molar-refractivity contribution in [1.82, 2.24) is 4.72 Å². The summed E-state index contributed by atoms with van der Waals surface area (Å²) in [5.41, 5.74) is 1.69. The van der Waals surface area contributed by atoms with Crippen LogP contribution in [0.15, 0.2) is 59.5 Å².